The summed E-state index contributed by atoms with van der Waals surface area (Å²) < 4.78 is 5.76. The molecule has 1 N–H and O–H groups in total. The maximum Gasteiger partial charge on any atom is 0.273 e. The van der Waals surface area contributed by atoms with E-state index in [0.29, 0.717) is 5.69 Å². The second kappa shape index (κ2) is 6.45. The summed E-state index contributed by atoms with van der Waals surface area (Å²) in [7, 11) is 1.96. The first-order valence-corrected chi connectivity index (χ1v) is 8.62. The number of nitrogens with one attached hydrogen (secondary N) is 1. The molecule has 124 valence electrons. The standard InChI is InChI=1S/C18H15N5OS/c1-23-15-10-6-5-9-13(15)19-17(23)16(12-7-3-2-4-8-12)20-18(24)14-11-25-22-21-14/h2-11,16H,1H3,(H,20,24)/t16-/m1/s1. The maximum atomic E-state index is 12.5. The van der Waals surface area contributed by atoms with E-state index in [1.165, 1.54) is 0 Å². The van der Waals surface area contributed by atoms with Gasteiger partial charge in [0.15, 0.2) is 5.69 Å². The lowest BCUT2D eigenvalue weighted by Gasteiger charge is -2.18. The minimum atomic E-state index is -0.382. The Balaban J connectivity index is 1.79. The van der Waals surface area contributed by atoms with Crippen molar-refractivity contribution in [1.29, 1.82) is 0 Å². The highest BCUT2D eigenvalue weighted by atomic mass is 32.1. The Bertz CT molecular complexity index is 1010. The summed E-state index contributed by atoms with van der Waals surface area (Å²) in [5.41, 5.74) is 3.18. The molecule has 0 unspecified atom stereocenters. The molecule has 0 aliphatic heterocycles. The van der Waals surface area contributed by atoms with E-state index in [1.54, 1.807) is 5.38 Å². The lowest BCUT2D eigenvalue weighted by atomic mass is 10.1. The highest BCUT2D eigenvalue weighted by Gasteiger charge is 2.23. The molecule has 0 aliphatic carbocycles. The summed E-state index contributed by atoms with van der Waals surface area (Å²) in [5.74, 6) is 0.499. The maximum absolute atomic E-state index is 12.5. The number of hydrogen-bond acceptors (Lipinski definition) is 5. The molecule has 1 atom stereocenters. The predicted molar refractivity (Wildman–Crippen MR) is 96.4 cm³/mol. The van der Waals surface area contributed by atoms with Crippen molar-refractivity contribution in [2.24, 2.45) is 7.05 Å². The number of hydrogen-bond donors (Lipinski definition) is 1. The molecule has 2 aromatic heterocycles. The molecule has 2 heterocycles. The third-order valence-electron chi connectivity index (χ3n) is 4.08. The van der Waals surface area contributed by atoms with Gasteiger partial charge >= 0.3 is 0 Å². The molecule has 4 aromatic rings. The first-order chi connectivity index (χ1) is 12.2. The van der Waals surface area contributed by atoms with Crippen LogP contribution in [0.1, 0.15) is 27.9 Å². The van der Waals surface area contributed by atoms with Gasteiger partial charge in [0.2, 0.25) is 0 Å². The van der Waals surface area contributed by atoms with E-state index < -0.39 is 0 Å². The molecule has 6 nitrogen and oxygen atoms in total. The van der Waals surface area contributed by atoms with Crippen molar-refractivity contribution in [3.8, 4) is 0 Å². The van der Waals surface area contributed by atoms with Crippen LogP contribution in [-0.2, 0) is 7.05 Å². The Labute approximate surface area is 148 Å². The zero-order chi connectivity index (χ0) is 17.2. The Morgan fingerprint density at radius 2 is 1.88 bits per heavy atom. The van der Waals surface area contributed by atoms with Gasteiger partial charge in [0.1, 0.15) is 11.9 Å². The molecule has 4 rings (SSSR count). The number of benzene rings is 2. The summed E-state index contributed by atoms with van der Waals surface area (Å²) in [6, 6.07) is 17.3. The van der Waals surface area contributed by atoms with Gasteiger partial charge in [-0.25, -0.2) is 4.98 Å². The zero-order valence-electron chi connectivity index (χ0n) is 13.5. The highest BCUT2D eigenvalue weighted by Crippen LogP contribution is 2.25. The normalized spacial score (nSPS) is 12.2. The molecule has 0 aliphatic rings. The van der Waals surface area contributed by atoms with Crippen LogP contribution in [0.5, 0.6) is 0 Å². The number of carbonyl (C=O) groups is 1. The third-order valence-corrected chi connectivity index (χ3v) is 4.59. The zero-order valence-corrected chi connectivity index (χ0v) is 14.3. The van der Waals surface area contributed by atoms with Gasteiger partial charge in [-0.15, -0.1) is 5.10 Å². The van der Waals surface area contributed by atoms with E-state index in [9.17, 15) is 4.79 Å². The van der Waals surface area contributed by atoms with Crippen molar-refractivity contribution >= 4 is 28.5 Å². The van der Waals surface area contributed by atoms with Gasteiger partial charge in [0.25, 0.3) is 5.91 Å². The van der Waals surface area contributed by atoms with Crippen LogP contribution in [0, 0.1) is 0 Å². The first kappa shape index (κ1) is 15.5. The van der Waals surface area contributed by atoms with Gasteiger partial charge in [0, 0.05) is 12.4 Å². The summed E-state index contributed by atoms with van der Waals surface area (Å²) in [5, 5.41) is 8.52. The number of fused-ring (bicyclic) bond motifs is 1. The first-order valence-electron chi connectivity index (χ1n) is 7.78. The van der Waals surface area contributed by atoms with Gasteiger partial charge in [0.05, 0.1) is 11.0 Å². The lowest BCUT2D eigenvalue weighted by molar-refractivity contribution is 0.0936. The number of aryl methyl sites for hydroxylation is 1. The molecule has 0 saturated carbocycles. The molecule has 7 heteroatoms. The van der Waals surface area contributed by atoms with E-state index in [-0.39, 0.29) is 11.9 Å². The number of aromatic nitrogens is 4. The molecule has 0 radical (unpaired) electrons. The predicted octanol–water partition coefficient (Wildman–Crippen LogP) is 2.94. The summed E-state index contributed by atoms with van der Waals surface area (Å²) >= 11 is 1.15. The fraction of sp³-hybridized carbons (Fsp3) is 0.111. The monoisotopic (exact) mass is 349 g/mol. The number of imidazole rings is 1. The molecule has 0 bridgehead atoms. The third kappa shape index (κ3) is 2.89. The Kier molecular flexibility index (Phi) is 3.99. The SMILES string of the molecule is Cn1c([C@H](NC(=O)c2csnn2)c2ccccc2)nc2ccccc21. The average molecular weight is 349 g/mol. The number of para-hydroxylation sites is 2. The fourth-order valence-electron chi connectivity index (χ4n) is 2.83. The van der Waals surface area contributed by atoms with Crippen molar-refractivity contribution in [3.05, 3.63) is 77.1 Å². The van der Waals surface area contributed by atoms with Crippen LogP contribution in [0.3, 0.4) is 0 Å². The summed E-state index contributed by atoms with van der Waals surface area (Å²) in [6.45, 7) is 0. The molecule has 1 amide bonds. The highest BCUT2D eigenvalue weighted by molar-refractivity contribution is 7.03. The van der Waals surface area contributed by atoms with Crippen molar-refractivity contribution in [3.63, 3.8) is 0 Å². The van der Waals surface area contributed by atoms with E-state index >= 15 is 0 Å². The van der Waals surface area contributed by atoms with Crippen LogP contribution < -0.4 is 5.32 Å². The number of amides is 1. The fourth-order valence-corrected chi connectivity index (χ4v) is 3.27. The van der Waals surface area contributed by atoms with E-state index in [0.717, 1.165) is 34.0 Å². The van der Waals surface area contributed by atoms with Crippen LogP contribution in [0.25, 0.3) is 11.0 Å². The van der Waals surface area contributed by atoms with Crippen LogP contribution in [0.2, 0.25) is 0 Å². The van der Waals surface area contributed by atoms with E-state index in [4.69, 9.17) is 4.98 Å². The van der Waals surface area contributed by atoms with Crippen molar-refractivity contribution < 1.29 is 4.79 Å². The van der Waals surface area contributed by atoms with E-state index in [2.05, 4.69) is 14.9 Å². The van der Waals surface area contributed by atoms with Crippen LogP contribution in [-0.4, -0.2) is 25.0 Å². The Hall–Kier alpha value is -3.06. The number of nitrogens with zero attached hydrogens (tertiary/aromatic N) is 4. The summed E-state index contributed by atoms with van der Waals surface area (Å²) in [4.78, 5) is 17.3. The van der Waals surface area contributed by atoms with Crippen LogP contribution in [0.4, 0.5) is 0 Å². The minimum Gasteiger partial charge on any atom is -0.337 e. The van der Waals surface area contributed by atoms with Gasteiger partial charge in [-0.1, -0.05) is 47.0 Å². The average Bonchev–Trinajstić information content (AvgIpc) is 3.29. The molecule has 2 aromatic carbocycles. The number of rotatable bonds is 4. The minimum absolute atomic E-state index is 0.269. The van der Waals surface area contributed by atoms with Gasteiger partial charge in [-0.3, -0.25) is 4.79 Å². The van der Waals surface area contributed by atoms with Gasteiger partial charge in [-0.2, -0.15) is 0 Å². The second-order valence-electron chi connectivity index (χ2n) is 5.63. The largest absolute Gasteiger partial charge is 0.337 e. The topological polar surface area (TPSA) is 72.7 Å². The molecule has 0 fully saturated rings. The molecular weight excluding hydrogens is 334 g/mol. The smallest absolute Gasteiger partial charge is 0.273 e. The Morgan fingerprint density at radius 3 is 2.60 bits per heavy atom. The summed E-state index contributed by atoms with van der Waals surface area (Å²) in [6.07, 6.45) is 0. The quantitative estimate of drug-likeness (QED) is 0.615. The number of carbonyl (C=O) groups excluding carboxylic acids is 1. The van der Waals surface area contributed by atoms with Gasteiger partial charge < -0.3 is 9.88 Å². The van der Waals surface area contributed by atoms with Crippen molar-refractivity contribution in [1.82, 2.24) is 24.5 Å². The molecule has 25 heavy (non-hydrogen) atoms. The van der Waals surface area contributed by atoms with Crippen molar-refractivity contribution in [2.45, 2.75) is 6.04 Å². The lowest BCUT2D eigenvalue weighted by Crippen LogP contribution is -2.31. The second-order valence-corrected chi connectivity index (χ2v) is 6.23. The van der Waals surface area contributed by atoms with E-state index in [1.807, 2.05) is 66.2 Å². The van der Waals surface area contributed by atoms with Crippen LogP contribution in [0.15, 0.2) is 60.0 Å². The molecular formula is C18H15N5OS. The molecule has 0 spiro atoms. The van der Waals surface area contributed by atoms with Crippen molar-refractivity contribution in [2.75, 3.05) is 0 Å². The Morgan fingerprint density at radius 1 is 1.12 bits per heavy atom. The molecule has 0 saturated heterocycles. The van der Waals surface area contributed by atoms with Gasteiger partial charge in [-0.05, 0) is 29.2 Å². The van der Waals surface area contributed by atoms with Crippen LogP contribution >= 0.6 is 11.5 Å².